The molecule has 0 unspecified atom stereocenters. The maximum atomic E-state index is 10.8. The molecule has 1 aromatic rings. The van der Waals surface area contributed by atoms with Crippen molar-refractivity contribution in [3.05, 3.63) is 26.2 Å². The summed E-state index contributed by atoms with van der Waals surface area (Å²) in [5, 5.41) is 8.31. The molecule has 0 atom stereocenters. The maximum absolute atomic E-state index is 10.8. The number of nitro benzene ring substituents is 1. The van der Waals surface area contributed by atoms with Gasteiger partial charge in [0, 0.05) is 0 Å². The summed E-state index contributed by atoms with van der Waals surface area (Å²) >= 11 is 10.6. The Morgan fingerprint density at radius 1 is 0.905 bits per heavy atom. The summed E-state index contributed by atoms with van der Waals surface area (Å²) in [6, 6.07) is 0.0856. The predicted octanol–water partition coefficient (Wildman–Crippen LogP) is -5.28. The average Bonchev–Trinajstić information content (AvgIpc) is 2.12. The van der Waals surface area contributed by atoms with Crippen molar-refractivity contribution in [3.63, 3.8) is 0 Å². The molecule has 1 rings (SSSR count). The summed E-state index contributed by atoms with van der Waals surface area (Å²) < 4.78 is 64.9. The third-order valence-electron chi connectivity index (χ3n) is 1.83. The van der Waals surface area contributed by atoms with Crippen LogP contribution in [0.25, 0.3) is 0 Å². The molecule has 0 aliphatic carbocycles. The molecule has 0 aliphatic rings. The zero-order valence-electron chi connectivity index (χ0n) is 10.4. The molecule has 0 N–H and O–H groups in total. The molecule has 0 fully saturated rings. The van der Waals surface area contributed by atoms with Gasteiger partial charge in [0.25, 0.3) is 0 Å². The van der Waals surface area contributed by atoms with Crippen LogP contribution in [0.15, 0.2) is 15.9 Å². The molecule has 0 saturated carbocycles. The first-order chi connectivity index (χ1) is 8.37. The van der Waals surface area contributed by atoms with Crippen molar-refractivity contribution < 1.29 is 134 Å². The summed E-state index contributed by atoms with van der Waals surface area (Å²) in [7, 11) is -10.7. The van der Waals surface area contributed by atoms with E-state index in [1.54, 1.807) is 0 Å². The van der Waals surface area contributed by atoms with E-state index in [2.05, 4.69) is 0 Å². The van der Waals surface area contributed by atoms with E-state index >= 15 is 0 Å². The zero-order valence-corrected chi connectivity index (χ0v) is 19.8. The van der Waals surface area contributed by atoms with E-state index in [1.165, 1.54) is 0 Å². The van der Waals surface area contributed by atoms with E-state index in [4.69, 9.17) is 23.2 Å². The van der Waals surface area contributed by atoms with Crippen molar-refractivity contribution in [1.82, 2.24) is 0 Å². The van der Waals surface area contributed by atoms with Crippen molar-refractivity contribution in [2.75, 3.05) is 0 Å². The first kappa shape index (κ1) is 25.5. The van der Waals surface area contributed by atoms with Gasteiger partial charge in [-0.2, -0.15) is 0 Å². The monoisotopic (exact) mass is 427 g/mol. The van der Waals surface area contributed by atoms with Gasteiger partial charge in [0.15, 0.2) is 0 Å². The van der Waals surface area contributed by atoms with E-state index in [0.717, 1.165) is 0 Å². The van der Waals surface area contributed by atoms with Gasteiger partial charge >= 0.3 is 108 Å². The molecule has 106 valence electrons. The molecular weight excluding hydrogens is 427 g/mol. The SMILES string of the molecule is O=[N+]([O-])c1c(Cl)c(S(=O)(=O)[O-])cc(S(=O)(=O)[O-])c1Cl.[K+].[K+]. The second-order valence-electron chi connectivity index (χ2n) is 3.01. The average molecular weight is 428 g/mol. The van der Waals surface area contributed by atoms with E-state index in [9.17, 15) is 36.1 Å². The molecule has 0 aliphatic heterocycles. The van der Waals surface area contributed by atoms with Gasteiger partial charge < -0.3 is 9.11 Å². The van der Waals surface area contributed by atoms with E-state index in [0.29, 0.717) is 0 Å². The van der Waals surface area contributed by atoms with E-state index in [-0.39, 0.29) is 109 Å². The van der Waals surface area contributed by atoms with Gasteiger partial charge in [-0.3, -0.25) is 10.1 Å². The van der Waals surface area contributed by atoms with Crippen LogP contribution in [0.3, 0.4) is 0 Å². The van der Waals surface area contributed by atoms with Gasteiger partial charge in [0.1, 0.15) is 30.3 Å². The van der Waals surface area contributed by atoms with Crippen molar-refractivity contribution in [1.29, 1.82) is 0 Å². The number of hydrogen-bond acceptors (Lipinski definition) is 8. The van der Waals surface area contributed by atoms with Gasteiger partial charge in [-0.1, -0.05) is 23.2 Å². The maximum Gasteiger partial charge on any atom is 1.00 e. The fraction of sp³-hybridized carbons (Fsp3) is 0. The minimum Gasteiger partial charge on any atom is -0.744 e. The number of halogens is 2. The van der Waals surface area contributed by atoms with Crippen molar-refractivity contribution in [2.24, 2.45) is 0 Å². The molecular formula is C6HCl2K2NO8S2. The third-order valence-corrected chi connectivity index (χ3v) is 4.54. The summed E-state index contributed by atoms with van der Waals surface area (Å²) in [6.45, 7) is 0. The molecule has 0 amide bonds. The number of nitrogens with zero attached hydrogens (tertiary/aromatic N) is 1. The van der Waals surface area contributed by atoms with Crippen molar-refractivity contribution in [3.8, 4) is 0 Å². The summed E-state index contributed by atoms with van der Waals surface area (Å²) in [6.07, 6.45) is 0. The van der Waals surface area contributed by atoms with E-state index < -0.39 is 50.7 Å². The van der Waals surface area contributed by atoms with Gasteiger partial charge in [-0.05, 0) is 6.07 Å². The molecule has 9 nitrogen and oxygen atoms in total. The number of benzene rings is 1. The van der Waals surface area contributed by atoms with Crippen LogP contribution >= 0.6 is 23.2 Å². The molecule has 0 spiro atoms. The molecule has 15 heteroatoms. The van der Waals surface area contributed by atoms with Crippen LogP contribution in [-0.4, -0.2) is 30.9 Å². The summed E-state index contributed by atoms with van der Waals surface area (Å²) in [5.74, 6) is 0. The molecule has 0 aromatic heterocycles. The van der Waals surface area contributed by atoms with Gasteiger partial charge in [-0.15, -0.1) is 0 Å². The minimum absolute atomic E-state index is 0. The molecule has 0 heterocycles. The normalized spacial score (nSPS) is 11.2. The van der Waals surface area contributed by atoms with Crippen molar-refractivity contribution in [2.45, 2.75) is 9.79 Å². The van der Waals surface area contributed by atoms with Crippen LogP contribution in [0.4, 0.5) is 5.69 Å². The Hall–Kier alpha value is 2.29. The second-order valence-corrected chi connectivity index (χ2v) is 6.47. The zero-order chi connectivity index (χ0) is 15.2. The largest absolute Gasteiger partial charge is 1.00 e. The second kappa shape index (κ2) is 9.12. The standard InChI is InChI=1S/C6H3Cl2NO8S2.2K/c7-4-2(18(12,13)14)1-3(19(15,16)17)5(8)6(4)9(10)11;;/h1H,(H,12,13,14)(H,15,16,17);;/q;2*+1/p-2. The van der Waals surface area contributed by atoms with Crippen molar-refractivity contribution >= 4 is 49.1 Å². The number of nitro groups is 1. The van der Waals surface area contributed by atoms with Crippen LogP contribution in [-0.2, 0) is 20.2 Å². The van der Waals surface area contributed by atoms with Gasteiger partial charge in [-0.25, -0.2) is 16.8 Å². The predicted molar refractivity (Wildman–Crippen MR) is 59.0 cm³/mol. The van der Waals surface area contributed by atoms with Gasteiger partial charge in [0.05, 0.1) is 14.7 Å². The number of rotatable bonds is 3. The minimum atomic E-state index is -5.34. The summed E-state index contributed by atoms with van der Waals surface area (Å²) in [5.41, 5.74) is -1.35. The quantitative estimate of drug-likeness (QED) is 0.200. The van der Waals surface area contributed by atoms with Crippen LogP contribution in [0.2, 0.25) is 10.0 Å². The Morgan fingerprint density at radius 3 is 1.38 bits per heavy atom. The fourth-order valence-electron chi connectivity index (χ4n) is 1.10. The molecule has 0 radical (unpaired) electrons. The molecule has 21 heavy (non-hydrogen) atoms. The Balaban J connectivity index is 0. The number of hydrogen-bond donors (Lipinski definition) is 0. The first-order valence-corrected chi connectivity index (χ1v) is 7.52. The van der Waals surface area contributed by atoms with Crippen LogP contribution in [0, 0.1) is 10.1 Å². The Kier molecular flexibility index (Phi) is 11.1. The Morgan fingerprint density at radius 2 is 1.19 bits per heavy atom. The Bertz CT molecular complexity index is 722. The van der Waals surface area contributed by atoms with Crippen LogP contribution in [0.1, 0.15) is 0 Å². The summed E-state index contributed by atoms with van der Waals surface area (Å²) in [4.78, 5) is 6.50. The van der Waals surface area contributed by atoms with Crippen LogP contribution in [0.5, 0.6) is 0 Å². The smallest absolute Gasteiger partial charge is 0.744 e. The van der Waals surface area contributed by atoms with E-state index in [1.807, 2.05) is 0 Å². The molecule has 0 saturated heterocycles. The first-order valence-electron chi connectivity index (χ1n) is 3.95. The Labute approximate surface area is 214 Å². The van der Waals surface area contributed by atoms with Gasteiger partial charge in [0.2, 0.25) is 0 Å². The molecule has 0 bridgehead atoms. The molecule has 1 aromatic carbocycles. The third kappa shape index (κ3) is 6.26. The van der Waals surface area contributed by atoms with Crippen LogP contribution < -0.4 is 103 Å². The fourth-order valence-corrected chi connectivity index (χ4v) is 3.38. The topological polar surface area (TPSA) is 158 Å².